The Hall–Kier alpha value is -3.88. The maximum absolute atomic E-state index is 13.1. The fourth-order valence-electron chi connectivity index (χ4n) is 3.31. The number of alkyl carbamates (subject to hydrolysis) is 1. The first-order valence-corrected chi connectivity index (χ1v) is 11.1. The van der Waals surface area contributed by atoms with E-state index in [9.17, 15) is 19.2 Å². The minimum Gasteiger partial charge on any atom is -0.466 e. The van der Waals surface area contributed by atoms with E-state index >= 15 is 0 Å². The van der Waals surface area contributed by atoms with Crippen LogP contribution in [0.2, 0.25) is 0 Å². The predicted molar refractivity (Wildman–Crippen MR) is 125 cm³/mol. The maximum atomic E-state index is 13.1. The first-order chi connectivity index (χ1) is 16.3. The van der Waals surface area contributed by atoms with Crippen molar-refractivity contribution in [2.75, 3.05) is 6.61 Å². The molecule has 2 aromatic carbocycles. The van der Waals surface area contributed by atoms with Crippen LogP contribution < -0.4 is 16.4 Å². The molecule has 0 saturated carbocycles. The molecule has 34 heavy (non-hydrogen) atoms. The van der Waals surface area contributed by atoms with E-state index in [-0.39, 0.29) is 26.1 Å². The number of carbonyl (C=O) groups is 4. The van der Waals surface area contributed by atoms with Crippen LogP contribution in [0.15, 0.2) is 60.7 Å². The van der Waals surface area contributed by atoms with Crippen LogP contribution in [0.3, 0.4) is 0 Å². The van der Waals surface area contributed by atoms with E-state index in [1.165, 1.54) is 0 Å². The fraction of sp³-hybridized carbons (Fsp3) is 0.360. The van der Waals surface area contributed by atoms with Gasteiger partial charge in [-0.3, -0.25) is 14.4 Å². The summed E-state index contributed by atoms with van der Waals surface area (Å²) in [6, 6.07) is 16.0. The molecule has 182 valence electrons. The number of esters is 1. The van der Waals surface area contributed by atoms with Crippen molar-refractivity contribution in [1.29, 1.82) is 0 Å². The van der Waals surface area contributed by atoms with E-state index in [0.29, 0.717) is 0 Å². The zero-order valence-corrected chi connectivity index (χ0v) is 19.4. The molecule has 9 nitrogen and oxygen atoms in total. The molecule has 2 aromatic rings. The van der Waals surface area contributed by atoms with Crippen LogP contribution in [0.5, 0.6) is 0 Å². The second-order valence-corrected chi connectivity index (χ2v) is 7.82. The SMILES string of the molecule is CCOC(=O)C[C@@H](C)[C@@H](NC(=O)[C@H](Cc1ccccc1)NC(=O)OCc1ccccc1)C(N)=O. The molecule has 0 aliphatic carbocycles. The number of amides is 3. The Morgan fingerprint density at radius 1 is 0.882 bits per heavy atom. The molecule has 0 spiro atoms. The van der Waals surface area contributed by atoms with Crippen molar-refractivity contribution >= 4 is 23.9 Å². The number of hydrogen-bond donors (Lipinski definition) is 3. The van der Waals surface area contributed by atoms with E-state index in [4.69, 9.17) is 15.2 Å². The first-order valence-electron chi connectivity index (χ1n) is 11.1. The van der Waals surface area contributed by atoms with E-state index in [0.717, 1.165) is 11.1 Å². The number of rotatable bonds is 12. The average molecular weight is 470 g/mol. The van der Waals surface area contributed by atoms with Gasteiger partial charge in [0, 0.05) is 6.42 Å². The Morgan fingerprint density at radius 3 is 2.03 bits per heavy atom. The lowest BCUT2D eigenvalue weighted by Crippen LogP contribution is -2.55. The Balaban J connectivity index is 2.09. The fourth-order valence-corrected chi connectivity index (χ4v) is 3.31. The summed E-state index contributed by atoms with van der Waals surface area (Å²) in [7, 11) is 0. The Morgan fingerprint density at radius 2 is 1.47 bits per heavy atom. The molecule has 0 bridgehead atoms. The summed E-state index contributed by atoms with van der Waals surface area (Å²) in [6.45, 7) is 3.52. The minimum absolute atomic E-state index is 0.0346. The van der Waals surface area contributed by atoms with Crippen LogP contribution >= 0.6 is 0 Å². The summed E-state index contributed by atoms with van der Waals surface area (Å²) in [5, 5.41) is 5.13. The Labute approximate surface area is 199 Å². The zero-order valence-electron chi connectivity index (χ0n) is 19.4. The number of benzene rings is 2. The summed E-state index contributed by atoms with van der Waals surface area (Å²) in [4.78, 5) is 49.3. The van der Waals surface area contributed by atoms with Gasteiger partial charge in [0.05, 0.1) is 13.0 Å². The van der Waals surface area contributed by atoms with Crippen LogP contribution in [-0.2, 0) is 36.9 Å². The van der Waals surface area contributed by atoms with Gasteiger partial charge in [0.15, 0.2) is 0 Å². The van der Waals surface area contributed by atoms with Crippen molar-refractivity contribution in [3.8, 4) is 0 Å². The molecule has 0 aliphatic rings. The normalized spacial score (nSPS) is 13.1. The van der Waals surface area contributed by atoms with E-state index in [1.807, 2.05) is 60.7 Å². The van der Waals surface area contributed by atoms with Crippen molar-refractivity contribution in [1.82, 2.24) is 10.6 Å². The second-order valence-electron chi connectivity index (χ2n) is 7.82. The largest absolute Gasteiger partial charge is 0.466 e. The Kier molecular flexibility index (Phi) is 10.6. The van der Waals surface area contributed by atoms with Gasteiger partial charge >= 0.3 is 12.1 Å². The number of carbonyl (C=O) groups excluding carboxylic acids is 4. The molecule has 0 saturated heterocycles. The average Bonchev–Trinajstić information content (AvgIpc) is 2.81. The summed E-state index contributed by atoms with van der Waals surface area (Å²) in [6.07, 6.45) is -0.724. The highest BCUT2D eigenvalue weighted by Gasteiger charge is 2.31. The topological polar surface area (TPSA) is 137 Å². The maximum Gasteiger partial charge on any atom is 0.408 e. The molecule has 0 heterocycles. The first kappa shape index (κ1) is 26.4. The number of nitrogens with two attached hydrogens (primary N) is 1. The van der Waals surface area contributed by atoms with Gasteiger partial charge in [0.2, 0.25) is 11.8 Å². The van der Waals surface area contributed by atoms with E-state index in [1.54, 1.807) is 13.8 Å². The third-order valence-electron chi connectivity index (χ3n) is 5.07. The third-order valence-corrected chi connectivity index (χ3v) is 5.07. The van der Waals surface area contributed by atoms with Crippen LogP contribution in [0.1, 0.15) is 31.4 Å². The summed E-state index contributed by atoms with van der Waals surface area (Å²) in [5.41, 5.74) is 7.07. The molecule has 0 aromatic heterocycles. The molecule has 3 atom stereocenters. The highest BCUT2D eigenvalue weighted by Crippen LogP contribution is 2.11. The monoisotopic (exact) mass is 469 g/mol. The lowest BCUT2D eigenvalue weighted by Gasteiger charge is -2.25. The Bertz CT molecular complexity index is 952. The van der Waals surface area contributed by atoms with Gasteiger partial charge in [-0.1, -0.05) is 67.6 Å². The van der Waals surface area contributed by atoms with Gasteiger partial charge in [-0.25, -0.2) is 4.79 Å². The second kappa shape index (κ2) is 13.6. The zero-order chi connectivity index (χ0) is 24.9. The van der Waals surface area contributed by atoms with Gasteiger partial charge in [-0.05, 0) is 24.0 Å². The number of nitrogens with one attached hydrogen (secondary N) is 2. The standard InChI is InChI=1S/C25H31N3O6/c1-3-33-21(29)14-17(2)22(23(26)30)28-24(31)20(15-18-10-6-4-7-11-18)27-25(32)34-16-19-12-8-5-9-13-19/h4-13,17,20,22H,3,14-16H2,1-2H3,(H2,26,30)(H,27,32)(H,28,31)/t17-,20+,22-/m1/s1. The van der Waals surface area contributed by atoms with Crippen LogP contribution in [0.25, 0.3) is 0 Å². The molecular weight excluding hydrogens is 438 g/mol. The molecule has 0 fully saturated rings. The molecular formula is C25H31N3O6. The molecule has 0 unspecified atom stereocenters. The van der Waals surface area contributed by atoms with Crippen molar-refractivity contribution in [2.24, 2.45) is 11.7 Å². The number of ether oxygens (including phenoxy) is 2. The minimum atomic E-state index is -1.13. The van der Waals surface area contributed by atoms with E-state index < -0.39 is 41.9 Å². The lowest BCUT2D eigenvalue weighted by molar-refractivity contribution is -0.145. The van der Waals surface area contributed by atoms with Gasteiger partial charge in [0.1, 0.15) is 18.7 Å². The van der Waals surface area contributed by atoms with Crippen molar-refractivity contribution < 1.29 is 28.7 Å². The predicted octanol–water partition coefficient (Wildman–Crippen LogP) is 2.08. The third kappa shape index (κ3) is 8.93. The highest BCUT2D eigenvalue weighted by molar-refractivity contribution is 5.91. The molecule has 9 heteroatoms. The summed E-state index contributed by atoms with van der Waals surface area (Å²) in [5.74, 6) is -2.53. The molecule has 4 N–H and O–H groups in total. The van der Waals surface area contributed by atoms with Crippen molar-refractivity contribution in [3.63, 3.8) is 0 Å². The smallest absolute Gasteiger partial charge is 0.408 e. The number of primary amides is 1. The molecule has 3 amide bonds. The van der Waals surface area contributed by atoms with Gasteiger partial charge in [0.25, 0.3) is 0 Å². The highest BCUT2D eigenvalue weighted by atomic mass is 16.5. The van der Waals surface area contributed by atoms with Crippen molar-refractivity contribution in [3.05, 3.63) is 71.8 Å². The van der Waals surface area contributed by atoms with Gasteiger partial charge < -0.3 is 25.8 Å². The molecule has 0 radical (unpaired) electrons. The molecule has 0 aliphatic heterocycles. The van der Waals surface area contributed by atoms with E-state index in [2.05, 4.69) is 10.6 Å². The van der Waals surface area contributed by atoms with Gasteiger partial charge in [-0.2, -0.15) is 0 Å². The van der Waals surface area contributed by atoms with Crippen LogP contribution in [0.4, 0.5) is 4.79 Å². The summed E-state index contributed by atoms with van der Waals surface area (Å²) >= 11 is 0. The van der Waals surface area contributed by atoms with Crippen molar-refractivity contribution in [2.45, 2.75) is 45.4 Å². The number of hydrogen-bond acceptors (Lipinski definition) is 6. The summed E-state index contributed by atoms with van der Waals surface area (Å²) < 4.78 is 10.2. The lowest BCUT2D eigenvalue weighted by atomic mass is 9.96. The van der Waals surface area contributed by atoms with Crippen LogP contribution in [0, 0.1) is 5.92 Å². The quantitative estimate of drug-likeness (QED) is 0.407. The van der Waals surface area contributed by atoms with Gasteiger partial charge in [-0.15, -0.1) is 0 Å². The van der Waals surface area contributed by atoms with Crippen LogP contribution in [-0.4, -0.2) is 42.6 Å². The molecule has 2 rings (SSSR count).